The van der Waals surface area contributed by atoms with Gasteiger partial charge in [-0.05, 0) is 13.0 Å². The zero-order chi connectivity index (χ0) is 7.82. The third kappa shape index (κ3) is 7.63. The first-order chi connectivity index (χ1) is 4.77. The maximum absolute atomic E-state index is 3.75. The fraction of sp³-hybridized carbons (Fsp3) is 0.875. The molecule has 0 aromatic heterocycles. The highest BCUT2D eigenvalue weighted by molar-refractivity contribution is 5.14. The summed E-state index contributed by atoms with van der Waals surface area (Å²) in [6, 6.07) is 0. The van der Waals surface area contributed by atoms with E-state index < -0.39 is 0 Å². The molecule has 0 spiro atoms. The van der Waals surface area contributed by atoms with E-state index in [9.17, 15) is 0 Å². The van der Waals surface area contributed by atoms with Crippen LogP contribution in [0.3, 0.4) is 0 Å². The first-order valence-electron chi connectivity index (χ1n) is 3.99. The molecule has 0 unspecified atom stereocenters. The predicted octanol–water partition coefficient (Wildman–Crippen LogP) is 0.719. The first-order valence-corrected chi connectivity index (χ1v) is 3.99. The number of rotatable bonds is 6. The van der Waals surface area contributed by atoms with Crippen LogP contribution >= 0.6 is 0 Å². The minimum absolute atomic E-state index is 1.03. The van der Waals surface area contributed by atoms with Gasteiger partial charge in [-0.15, -0.1) is 0 Å². The Kier molecular flexibility index (Phi) is 6.50. The molecule has 2 nitrogen and oxygen atoms in total. The molecule has 0 aliphatic rings. The molecular formula is C8H19N2+. The van der Waals surface area contributed by atoms with Crippen LogP contribution in [0.15, 0.2) is 0 Å². The molecule has 0 aliphatic carbocycles. The van der Waals surface area contributed by atoms with Crippen LogP contribution in [0.1, 0.15) is 19.8 Å². The number of nitrogens with zero attached hydrogens (tertiary/aromatic N) is 1. The van der Waals surface area contributed by atoms with Gasteiger partial charge in [-0.3, -0.25) is 0 Å². The van der Waals surface area contributed by atoms with Crippen molar-refractivity contribution >= 4 is 6.72 Å². The number of likely N-dealkylation sites (N-methyl/N-ethyl adjacent to an activating group) is 1. The van der Waals surface area contributed by atoms with Gasteiger partial charge in [-0.2, -0.15) is 0 Å². The van der Waals surface area contributed by atoms with Gasteiger partial charge in [0.2, 0.25) is 0 Å². The number of hydrogen-bond donors (Lipinski definition) is 1. The molecule has 0 amide bonds. The molecule has 2 heteroatoms. The van der Waals surface area contributed by atoms with E-state index >= 15 is 0 Å². The lowest BCUT2D eigenvalue weighted by Gasteiger charge is -1.99. The summed E-state index contributed by atoms with van der Waals surface area (Å²) >= 11 is 0. The Hall–Kier alpha value is -0.370. The Morgan fingerprint density at radius 3 is 2.60 bits per heavy atom. The zero-order valence-corrected chi connectivity index (χ0v) is 7.19. The molecule has 0 aliphatic heterocycles. The third-order valence-electron chi connectivity index (χ3n) is 1.38. The minimum Gasteiger partial charge on any atom is -0.311 e. The van der Waals surface area contributed by atoms with Crippen molar-refractivity contribution in [3.63, 3.8) is 0 Å². The molecular weight excluding hydrogens is 124 g/mol. The summed E-state index contributed by atoms with van der Waals surface area (Å²) in [5, 5.41) is 3.34. The fourth-order valence-corrected chi connectivity index (χ4v) is 0.697. The molecule has 0 saturated carbocycles. The number of unbranched alkanes of at least 4 members (excludes halogenated alkanes) is 1. The van der Waals surface area contributed by atoms with Crippen LogP contribution in [0.5, 0.6) is 0 Å². The molecule has 0 atom stereocenters. The molecule has 0 heterocycles. The Balaban J connectivity index is 2.84. The lowest BCUT2D eigenvalue weighted by atomic mass is 10.3. The van der Waals surface area contributed by atoms with E-state index in [0.717, 1.165) is 19.6 Å². The van der Waals surface area contributed by atoms with Crippen molar-refractivity contribution in [3.05, 3.63) is 0 Å². The van der Waals surface area contributed by atoms with Gasteiger partial charge >= 0.3 is 0 Å². The normalized spacial score (nSPS) is 9.80. The number of hydrogen-bond acceptors (Lipinski definition) is 1. The molecule has 0 saturated heterocycles. The van der Waals surface area contributed by atoms with Gasteiger partial charge in [0.1, 0.15) is 13.8 Å². The average Bonchev–Trinajstić information content (AvgIpc) is 1.87. The van der Waals surface area contributed by atoms with Gasteiger partial charge in [0.05, 0.1) is 6.54 Å². The molecule has 0 radical (unpaired) electrons. The minimum atomic E-state index is 1.03. The second-order valence-electron chi connectivity index (χ2n) is 2.68. The van der Waals surface area contributed by atoms with Gasteiger partial charge in [0.25, 0.3) is 0 Å². The second kappa shape index (κ2) is 6.75. The van der Waals surface area contributed by atoms with Gasteiger partial charge in [-0.1, -0.05) is 13.3 Å². The molecule has 0 fully saturated rings. The van der Waals surface area contributed by atoms with E-state index in [1.807, 2.05) is 11.6 Å². The summed E-state index contributed by atoms with van der Waals surface area (Å²) < 4.78 is 1.94. The van der Waals surface area contributed by atoms with Gasteiger partial charge in [0.15, 0.2) is 6.54 Å². The molecule has 0 aromatic carbocycles. The van der Waals surface area contributed by atoms with Crippen LogP contribution in [-0.2, 0) is 0 Å². The Morgan fingerprint density at radius 1 is 1.40 bits per heavy atom. The highest BCUT2D eigenvalue weighted by atomic mass is 15.0. The molecule has 60 valence electrons. The van der Waals surface area contributed by atoms with E-state index in [0.29, 0.717) is 0 Å². The standard InChI is InChI=1S/C8H19N2/c1-4-5-6-9-7-8-10(2)3/h9H,2,4-8H2,1,3H3/q+1. The van der Waals surface area contributed by atoms with Gasteiger partial charge in [0, 0.05) is 0 Å². The van der Waals surface area contributed by atoms with E-state index in [1.54, 1.807) is 0 Å². The third-order valence-corrected chi connectivity index (χ3v) is 1.38. The monoisotopic (exact) mass is 143 g/mol. The summed E-state index contributed by atoms with van der Waals surface area (Å²) in [6.07, 6.45) is 2.55. The molecule has 0 rings (SSSR count). The van der Waals surface area contributed by atoms with Crippen LogP contribution in [0, 0.1) is 0 Å². The van der Waals surface area contributed by atoms with Gasteiger partial charge in [-0.25, -0.2) is 4.58 Å². The zero-order valence-electron chi connectivity index (χ0n) is 7.19. The maximum Gasteiger partial charge on any atom is 0.154 e. The molecule has 0 bridgehead atoms. The van der Waals surface area contributed by atoms with Crippen LogP contribution in [0.4, 0.5) is 0 Å². The highest BCUT2D eigenvalue weighted by Gasteiger charge is 1.89. The van der Waals surface area contributed by atoms with Crippen LogP contribution < -0.4 is 5.32 Å². The molecule has 1 N–H and O–H groups in total. The molecule has 0 aromatic rings. The van der Waals surface area contributed by atoms with Crippen LogP contribution in [-0.4, -0.2) is 38.0 Å². The van der Waals surface area contributed by atoms with Crippen molar-refractivity contribution < 1.29 is 4.58 Å². The quantitative estimate of drug-likeness (QED) is 0.329. The Bertz CT molecular complexity index is 89.3. The van der Waals surface area contributed by atoms with Crippen molar-refractivity contribution in [2.75, 3.05) is 26.7 Å². The maximum atomic E-state index is 3.75. The molecule has 10 heavy (non-hydrogen) atoms. The van der Waals surface area contributed by atoms with Crippen molar-refractivity contribution in [3.8, 4) is 0 Å². The first kappa shape index (κ1) is 9.63. The Labute approximate surface area is 63.9 Å². The van der Waals surface area contributed by atoms with E-state index in [-0.39, 0.29) is 0 Å². The van der Waals surface area contributed by atoms with E-state index in [2.05, 4.69) is 19.0 Å². The summed E-state index contributed by atoms with van der Waals surface area (Å²) in [5.74, 6) is 0. The smallest absolute Gasteiger partial charge is 0.154 e. The topological polar surface area (TPSA) is 15.0 Å². The summed E-state index contributed by atoms with van der Waals surface area (Å²) in [5.41, 5.74) is 0. The van der Waals surface area contributed by atoms with Gasteiger partial charge < -0.3 is 5.32 Å². The number of nitrogens with one attached hydrogen (secondary N) is 1. The lowest BCUT2D eigenvalue weighted by Crippen LogP contribution is -2.23. The average molecular weight is 143 g/mol. The van der Waals surface area contributed by atoms with Crippen molar-refractivity contribution in [2.24, 2.45) is 0 Å². The van der Waals surface area contributed by atoms with Crippen LogP contribution in [0.25, 0.3) is 0 Å². The van der Waals surface area contributed by atoms with Crippen LogP contribution in [0.2, 0.25) is 0 Å². The lowest BCUT2D eigenvalue weighted by molar-refractivity contribution is -0.486. The fourth-order valence-electron chi connectivity index (χ4n) is 0.697. The SMILES string of the molecule is C=[N+](C)CCNCCCC. The van der Waals surface area contributed by atoms with E-state index in [4.69, 9.17) is 0 Å². The predicted molar refractivity (Wildman–Crippen MR) is 46.0 cm³/mol. The summed E-state index contributed by atoms with van der Waals surface area (Å²) in [6.45, 7) is 9.18. The van der Waals surface area contributed by atoms with E-state index in [1.165, 1.54) is 12.8 Å². The Morgan fingerprint density at radius 2 is 2.10 bits per heavy atom. The van der Waals surface area contributed by atoms with Crippen molar-refractivity contribution in [1.82, 2.24) is 5.32 Å². The second-order valence-corrected chi connectivity index (χ2v) is 2.68. The largest absolute Gasteiger partial charge is 0.311 e. The van der Waals surface area contributed by atoms with Crippen molar-refractivity contribution in [2.45, 2.75) is 19.8 Å². The highest BCUT2D eigenvalue weighted by Crippen LogP contribution is 1.80. The summed E-state index contributed by atoms with van der Waals surface area (Å²) in [7, 11) is 1.99. The van der Waals surface area contributed by atoms with Crippen molar-refractivity contribution in [1.29, 1.82) is 0 Å². The summed E-state index contributed by atoms with van der Waals surface area (Å²) in [4.78, 5) is 0.